The average molecular weight is 418 g/mol. The number of carbonyl (C=O) groups excluding carboxylic acids is 2. The minimum absolute atomic E-state index is 0.280. The van der Waals surface area contributed by atoms with E-state index in [4.69, 9.17) is 21.1 Å². The predicted octanol–water partition coefficient (Wildman–Crippen LogP) is 5.33. The van der Waals surface area contributed by atoms with Gasteiger partial charge in [-0.25, -0.2) is 9.59 Å². The highest BCUT2D eigenvalue weighted by molar-refractivity contribution is 6.30. The number of hydrogen-bond donors (Lipinski definition) is 3. The molecule has 1 aliphatic rings. The van der Waals surface area contributed by atoms with Gasteiger partial charge in [-0.3, -0.25) is 5.32 Å². The molecule has 0 bridgehead atoms. The fraction of sp³-hybridized carbons (Fsp3) is 0.333. The Bertz CT molecular complexity index is 917. The molecule has 0 saturated carbocycles. The van der Waals surface area contributed by atoms with E-state index in [0.29, 0.717) is 28.6 Å². The molecule has 1 atom stereocenters. The van der Waals surface area contributed by atoms with Crippen LogP contribution in [0, 0.1) is 0 Å². The summed E-state index contributed by atoms with van der Waals surface area (Å²) in [5.74, 6) is 0.656. The third-order valence-corrected chi connectivity index (χ3v) is 4.61. The minimum atomic E-state index is -0.535. The summed E-state index contributed by atoms with van der Waals surface area (Å²) >= 11 is 5.97. The number of ether oxygens (including phenoxy) is 2. The Morgan fingerprint density at radius 2 is 1.93 bits per heavy atom. The largest absolute Gasteiger partial charge is 0.487 e. The molecule has 3 rings (SSSR count). The molecule has 0 spiro atoms. The average Bonchev–Trinajstić information content (AvgIpc) is 2.61. The summed E-state index contributed by atoms with van der Waals surface area (Å²) in [4.78, 5) is 24.3. The maximum atomic E-state index is 12.6. The molecule has 0 radical (unpaired) electrons. The number of anilines is 2. The van der Waals surface area contributed by atoms with Crippen LogP contribution in [0.4, 0.5) is 21.0 Å². The molecule has 1 heterocycles. The number of hydrogen-bond acceptors (Lipinski definition) is 4. The van der Waals surface area contributed by atoms with Crippen molar-refractivity contribution in [2.24, 2.45) is 0 Å². The quantitative estimate of drug-likeness (QED) is 0.627. The molecule has 2 aromatic carbocycles. The van der Waals surface area contributed by atoms with Crippen LogP contribution in [0.15, 0.2) is 42.5 Å². The van der Waals surface area contributed by atoms with Gasteiger partial charge in [0.25, 0.3) is 0 Å². The lowest BCUT2D eigenvalue weighted by atomic mass is 9.89. The SMILES string of the molecule is CCOC(=O)Nc1ccc2c(c1)C(NC(=O)Nc1cccc(Cl)c1)CC(C)(C)O2. The van der Waals surface area contributed by atoms with Crippen LogP contribution in [0.25, 0.3) is 0 Å². The van der Waals surface area contributed by atoms with E-state index in [1.807, 2.05) is 13.8 Å². The summed E-state index contributed by atoms with van der Waals surface area (Å²) in [6.45, 7) is 5.94. The summed E-state index contributed by atoms with van der Waals surface area (Å²) in [6, 6.07) is 11.6. The van der Waals surface area contributed by atoms with Crippen LogP contribution in [0.2, 0.25) is 5.02 Å². The number of rotatable bonds is 4. The molecule has 29 heavy (non-hydrogen) atoms. The van der Waals surface area contributed by atoms with Crippen molar-refractivity contribution in [1.29, 1.82) is 0 Å². The Hall–Kier alpha value is -2.93. The molecule has 3 N–H and O–H groups in total. The minimum Gasteiger partial charge on any atom is -0.487 e. The van der Waals surface area contributed by atoms with E-state index in [1.165, 1.54) is 0 Å². The Morgan fingerprint density at radius 1 is 1.17 bits per heavy atom. The fourth-order valence-corrected chi connectivity index (χ4v) is 3.43. The van der Waals surface area contributed by atoms with Gasteiger partial charge in [0.1, 0.15) is 11.4 Å². The Kier molecular flexibility index (Phi) is 6.17. The smallest absolute Gasteiger partial charge is 0.411 e. The standard InChI is InChI=1S/C21H24ClN3O4/c1-4-28-20(27)24-15-8-9-18-16(11-15)17(12-21(2,3)29-18)25-19(26)23-14-7-5-6-13(22)10-14/h5-11,17H,4,12H2,1-3H3,(H,24,27)(H2,23,25,26). The highest BCUT2D eigenvalue weighted by Crippen LogP contribution is 2.40. The number of nitrogens with one attached hydrogen (secondary N) is 3. The predicted molar refractivity (Wildman–Crippen MR) is 113 cm³/mol. The summed E-state index contributed by atoms with van der Waals surface area (Å²) < 4.78 is 11.0. The monoisotopic (exact) mass is 417 g/mol. The van der Waals surface area contributed by atoms with E-state index < -0.39 is 11.7 Å². The molecule has 154 valence electrons. The molecule has 1 aliphatic heterocycles. The van der Waals surface area contributed by atoms with Gasteiger partial charge in [-0.05, 0) is 57.2 Å². The first-order valence-electron chi connectivity index (χ1n) is 9.35. The van der Waals surface area contributed by atoms with Gasteiger partial charge < -0.3 is 20.1 Å². The van der Waals surface area contributed by atoms with Gasteiger partial charge in [0.2, 0.25) is 0 Å². The number of carbonyl (C=O) groups is 2. The zero-order valence-electron chi connectivity index (χ0n) is 16.5. The summed E-state index contributed by atoms with van der Waals surface area (Å²) in [7, 11) is 0. The first-order chi connectivity index (χ1) is 13.8. The molecule has 3 amide bonds. The molecular weight excluding hydrogens is 394 g/mol. The second kappa shape index (κ2) is 8.61. The Labute approximate surface area is 174 Å². The highest BCUT2D eigenvalue weighted by Gasteiger charge is 2.35. The molecule has 0 fully saturated rings. The lowest BCUT2D eigenvalue weighted by Crippen LogP contribution is -2.42. The maximum Gasteiger partial charge on any atom is 0.411 e. The van der Waals surface area contributed by atoms with Gasteiger partial charge in [-0.15, -0.1) is 0 Å². The van der Waals surface area contributed by atoms with Gasteiger partial charge in [0.05, 0.1) is 12.6 Å². The van der Waals surface area contributed by atoms with Crippen molar-refractivity contribution < 1.29 is 19.1 Å². The van der Waals surface area contributed by atoms with E-state index in [-0.39, 0.29) is 18.7 Å². The first kappa shape index (κ1) is 20.8. The van der Waals surface area contributed by atoms with Gasteiger partial charge in [0, 0.05) is 28.4 Å². The number of urea groups is 1. The third-order valence-electron chi connectivity index (χ3n) is 4.38. The molecule has 0 saturated heterocycles. The van der Waals surface area contributed by atoms with E-state index in [9.17, 15) is 9.59 Å². The maximum absolute atomic E-state index is 12.6. The first-order valence-corrected chi connectivity index (χ1v) is 9.73. The van der Waals surface area contributed by atoms with Crippen LogP contribution in [-0.4, -0.2) is 24.3 Å². The number of halogens is 1. The van der Waals surface area contributed by atoms with E-state index in [1.54, 1.807) is 49.4 Å². The normalized spacial score (nSPS) is 16.8. The van der Waals surface area contributed by atoms with Crippen molar-refractivity contribution >= 4 is 35.1 Å². The summed E-state index contributed by atoms with van der Waals surface area (Å²) in [6.07, 6.45) is 0.0268. The van der Waals surface area contributed by atoms with Gasteiger partial charge in [-0.1, -0.05) is 17.7 Å². The van der Waals surface area contributed by atoms with Gasteiger partial charge >= 0.3 is 12.1 Å². The van der Waals surface area contributed by atoms with Crippen LogP contribution >= 0.6 is 11.6 Å². The second-order valence-electron chi connectivity index (χ2n) is 7.33. The fourth-order valence-electron chi connectivity index (χ4n) is 3.24. The molecule has 1 unspecified atom stereocenters. The molecule has 8 heteroatoms. The van der Waals surface area contributed by atoms with Crippen LogP contribution in [0.3, 0.4) is 0 Å². The zero-order valence-corrected chi connectivity index (χ0v) is 17.3. The van der Waals surface area contributed by atoms with E-state index in [2.05, 4.69) is 16.0 Å². The topological polar surface area (TPSA) is 88.7 Å². The van der Waals surface area contributed by atoms with Crippen molar-refractivity contribution in [3.63, 3.8) is 0 Å². The van der Waals surface area contributed by atoms with Crippen molar-refractivity contribution in [3.05, 3.63) is 53.1 Å². The Balaban J connectivity index is 1.79. The summed E-state index contributed by atoms with van der Waals surface area (Å²) in [5.41, 5.74) is 1.48. The van der Waals surface area contributed by atoms with Gasteiger partial charge in [0.15, 0.2) is 0 Å². The van der Waals surface area contributed by atoms with Crippen LogP contribution in [-0.2, 0) is 4.74 Å². The molecule has 0 aromatic heterocycles. The van der Waals surface area contributed by atoms with E-state index in [0.717, 1.165) is 5.56 Å². The zero-order chi connectivity index (χ0) is 21.0. The molecular formula is C21H24ClN3O4. The van der Waals surface area contributed by atoms with Crippen LogP contribution in [0.1, 0.15) is 38.8 Å². The highest BCUT2D eigenvalue weighted by atomic mass is 35.5. The van der Waals surface area contributed by atoms with E-state index >= 15 is 0 Å². The Morgan fingerprint density at radius 3 is 2.66 bits per heavy atom. The van der Waals surface area contributed by atoms with Gasteiger partial charge in [-0.2, -0.15) is 0 Å². The third kappa shape index (κ3) is 5.54. The second-order valence-corrected chi connectivity index (χ2v) is 7.76. The van der Waals surface area contributed by atoms with Crippen molar-refractivity contribution in [2.75, 3.05) is 17.2 Å². The lowest BCUT2D eigenvalue weighted by Gasteiger charge is -2.38. The number of benzene rings is 2. The number of fused-ring (bicyclic) bond motifs is 1. The van der Waals surface area contributed by atoms with Crippen molar-refractivity contribution in [1.82, 2.24) is 5.32 Å². The van der Waals surface area contributed by atoms with Crippen molar-refractivity contribution in [2.45, 2.75) is 38.8 Å². The lowest BCUT2D eigenvalue weighted by molar-refractivity contribution is 0.0683. The molecule has 7 nitrogen and oxygen atoms in total. The van der Waals surface area contributed by atoms with Crippen LogP contribution < -0.4 is 20.7 Å². The summed E-state index contributed by atoms with van der Waals surface area (Å²) in [5, 5.41) is 8.98. The molecule has 0 aliphatic carbocycles. The molecule has 2 aromatic rings. The van der Waals surface area contributed by atoms with Crippen molar-refractivity contribution in [3.8, 4) is 5.75 Å². The number of amides is 3. The van der Waals surface area contributed by atoms with Crippen LogP contribution in [0.5, 0.6) is 5.75 Å².